The molecule has 3 aromatic rings. The van der Waals surface area contributed by atoms with Gasteiger partial charge in [-0.05, 0) is 46.5 Å². The van der Waals surface area contributed by atoms with E-state index in [0.717, 1.165) is 16.5 Å². The highest BCUT2D eigenvalue weighted by Gasteiger charge is 2.12. The molecule has 3 aromatic carbocycles. The molecule has 1 atom stereocenters. The lowest BCUT2D eigenvalue weighted by Gasteiger charge is -2.13. The van der Waals surface area contributed by atoms with Crippen LogP contribution in [0.25, 0.3) is 10.8 Å². The first-order valence-corrected chi connectivity index (χ1v) is 8.31. The lowest BCUT2D eigenvalue weighted by molar-refractivity contribution is 0.926. The van der Waals surface area contributed by atoms with Crippen LogP contribution in [0.15, 0.2) is 65.1 Å². The van der Waals surface area contributed by atoms with E-state index in [4.69, 9.17) is 23.2 Å². The molecule has 0 saturated carbocycles. The van der Waals surface area contributed by atoms with Gasteiger partial charge in [-0.2, -0.15) is 0 Å². The summed E-state index contributed by atoms with van der Waals surface area (Å²) in [5.41, 5.74) is 2.29. The highest BCUT2D eigenvalue weighted by molar-refractivity contribution is 9.10. The van der Waals surface area contributed by atoms with Crippen LogP contribution in [0.4, 0.5) is 0 Å². The molecular formula is C18H13BrCl2. The van der Waals surface area contributed by atoms with Gasteiger partial charge in [-0.25, -0.2) is 0 Å². The monoisotopic (exact) mass is 378 g/mol. The summed E-state index contributed by atoms with van der Waals surface area (Å²) in [6.07, 6.45) is 0.774. The predicted molar refractivity (Wildman–Crippen MR) is 95.4 cm³/mol. The van der Waals surface area contributed by atoms with E-state index in [2.05, 4.69) is 58.4 Å². The number of alkyl halides is 1. The zero-order valence-electron chi connectivity index (χ0n) is 11.2. The summed E-state index contributed by atoms with van der Waals surface area (Å²) >= 11 is 16.2. The molecule has 0 aliphatic carbocycles. The minimum atomic E-state index is -0.106. The first-order chi connectivity index (χ1) is 10.1. The fraction of sp³-hybridized carbons (Fsp3) is 0.111. The molecule has 0 aliphatic rings. The van der Waals surface area contributed by atoms with E-state index in [0.29, 0.717) is 5.02 Å². The molecule has 0 N–H and O–H groups in total. The van der Waals surface area contributed by atoms with Crippen molar-refractivity contribution < 1.29 is 0 Å². The maximum atomic E-state index is 6.61. The largest absolute Gasteiger partial charge is 0.117 e. The van der Waals surface area contributed by atoms with Crippen LogP contribution in [0.3, 0.4) is 0 Å². The van der Waals surface area contributed by atoms with Crippen molar-refractivity contribution in [3.05, 3.63) is 81.3 Å². The molecule has 3 rings (SSSR count). The standard InChI is InChI=1S/C18H13BrCl2/c19-15-8-14(9-16(20)11-15)18(21)10-13-6-3-5-12-4-1-2-7-17(12)13/h1-9,11,18H,10H2. The molecule has 0 bridgehead atoms. The Hall–Kier alpha value is -1.02. The first-order valence-electron chi connectivity index (χ1n) is 6.70. The number of fused-ring (bicyclic) bond motifs is 1. The molecule has 0 aromatic heterocycles. The van der Waals surface area contributed by atoms with Crippen LogP contribution in [0.5, 0.6) is 0 Å². The van der Waals surface area contributed by atoms with Crippen LogP contribution in [0, 0.1) is 0 Å². The van der Waals surface area contributed by atoms with Crippen LogP contribution in [0.2, 0.25) is 5.02 Å². The Morgan fingerprint density at radius 3 is 2.52 bits per heavy atom. The number of hydrogen-bond acceptors (Lipinski definition) is 0. The van der Waals surface area contributed by atoms with Crippen LogP contribution >= 0.6 is 39.1 Å². The number of rotatable bonds is 3. The van der Waals surface area contributed by atoms with Gasteiger partial charge in [0.05, 0.1) is 5.38 Å². The second kappa shape index (κ2) is 6.39. The Kier molecular flexibility index (Phi) is 4.54. The molecule has 0 spiro atoms. The van der Waals surface area contributed by atoms with E-state index in [1.165, 1.54) is 16.3 Å². The zero-order chi connectivity index (χ0) is 14.8. The van der Waals surface area contributed by atoms with Gasteiger partial charge in [0.2, 0.25) is 0 Å². The summed E-state index contributed by atoms with van der Waals surface area (Å²) in [6.45, 7) is 0. The predicted octanol–water partition coefficient (Wildman–Crippen LogP) is 6.78. The molecule has 0 fully saturated rings. The van der Waals surface area contributed by atoms with Crippen LogP contribution < -0.4 is 0 Å². The normalized spacial score (nSPS) is 12.5. The van der Waals surface area contributed by atoms with Gasteiger partial charge in [0.1, 0.15) is 0 Å². The molecule has 0 saturated heterocycles. The molecule has 0 nitrogen and oxygen atoms in total. The Balaban J connectivity index is 1.94. The Labute approximate surface area is 142 Å². The van der Waals surface area contributed by atoms with Crippen molar-refractivity contribution in [3.63, 3.8) is 0 Å². The van der Waals surface area contributed by atoms with Crippen molar-refractivity contribution in [3.8, 4) is 0 Å². The smallest absolute Gasteiger partial charge is 0.0626 e. The van der Waals surface area contributed by atoms with Gasteiger partial charge in [-0.1, -0.05) is 70.0 Å². The molecule has 0 radical (unpaired) electrons. The number of halogens is 3. The third-order valence-corrected chi connectivity index (χ3v) is 4.61. The van der Waals surface area contributed by atoms with Crippen molar-refractivity contribution >= 4 is 49.9 Å². The molecular weight excluding hydrogens is 367 g/mol. The third kappa shape index (κ3) is 3.42. The third-order valence-electron chi connectivity index (χ3n) is 3.53. The first kappa shape index (κ1) is 14.9. The summed E-state index contributed by atoms with van der Waals surface area (Å²) in [4.78, 5) is 0. The number of hydrogen-bond donors (Lipinski definition) is 0. The summed E-state index contributed by atoms with van der Waals surface area (Å²) < 4.78 is 0.952. The summed E-state index contributed by atoms with van der Waals surface area (Å²) in [5.74, 6) is 0. The van der Waals surface area contributed by atoms with Crippen LogP contribution in [0.1, 0.15) is 16.5 Å². The fourth-order valence-electron chi connectivity index (χ4n) is 2.54. The lowest BCUT2D eigenvalue weighted by Crippen LogP contribution is -1.97. The molecule has 0 amide bonds. The van der Waals surface area contributed by atoms with Crippen LogP contribution in [-0.2, 0) is 6.42 Å². The average Bonchev–Trinajstić information content (AvgIpc) is 2.46. The Morgan fingerprint density at radius 1 is 0.952 bits per heavy atom. The molecule has 1 unspecified atom stereocenters. The van der Waals surface area contributed by atoms with Gasteiger partial charge in [0.25, 0.3) is 0 Å². The van der Waals surface area contributed by atoms with Crippen molar-refractivity contribution in [1.82, 2.24) is 0 Å². The maximum absolute atomic E-state index is 6.61. The van der Waals surface area contributed by atoms with Crippen LogP contribution in [-0.4, -0.2) is 0 Å². The molecule has 0 heterocycles. The van der Waals surface area contributed by atoms with Crippen molar-refractivity contribution in [1.29, 1.82) is 0 Å². The zero-order valence-corrected chi connectivity index (χ0v) is 14.3. The fourth-order valence-corrected chi connectivity index (χ4v) is 3.72. The van der Waals surface area contributed by atoms with Gasteiger partial charge in [0, 0.05) is 9.50 Å². The highest BCUT2D eigenvalue weighted by Crippen LogP contribution is 2.32. The molecule has 106 valence electrons. The SMILES string of the molecule is Clc1cc(Br)cc(C(Cl)Cc2cccc3ccccc23)c1. The maximum Gasteiger partial charge on any atom is 0.0626 e. The lowest BCUT2D eigenvalue weighted by atomic mass is 9.98. The van der Waals surface area contributed by atoms with E-state index in [1.807, 2.05) is 18.2 Å². The van der Waals surface area contributed by atoms with Gasteiger partial charge < -0.3 is 0 Å². The van der Waals surface area contributed by atoms with Crippen molar-refractivity contribution in [2.24, 2.45) is 0 Å². The average molecular weight is 380 g/mol. The second-order valence-corrected chi connectivity index (χ2v) is 6.89. The minimum Gasteiger partial charge on any atom is -0.117 e. The Morgan fingerprint density at radius 2 is 1.71 bits per heavy atom. The topological polar surface area (TPSA) is 0 Å². The van der Waals surface area contributed by atoms with Crippen molar-refractivity contribution in [2.75, 3.05) is 0 Å². The van der Waals surface area contributed by atoms with E-state index in [9.17, 15) is 0 Å². The highest BCUT2D eigenvalue weighted by atomic mass is 79.9. The van der Waals surface area contributed by atoms with Gasteiger partial charge in [-0.15, -0.1) is 11.6 Å². The van der Waals surface area contributed by atoms with E-state index < -0.39 is 0 Å². The van der Waals surface area contributed by atoms with Gasteiger partial charge >= 0.3 is 0 Å². The number of benzene rings is 3. The Bertz CT molecular complexity index is 758. The van der Waals surface area contributed by atoms with E-state index in [1.54, 1.807) is 0 Å². The van der Waals surface area contributed by atoms with E-state index >= 15 is 0 Å². The van der Waals surface area contributed by atoms with E-state index in [-0.39, 0.29) is 5.38 Å². The second-order valence-electron chi connectivity index (χ2n) is 5.01. The molecule has 21 heavy (non-hydrogen) atoms. The minimum absolute atomic E-state index is 0.106. The van der Waals surface area contributed by atoms with Gasteiger partial charge in [-0.3, -0.25) is 0 Å². The summed E-state index contributed by atoms with van der Waals surface area (Å²) in [6, 6.07) is 20.5. The van der Waals surface area contributed by atoms with Gasteiger partial charge in [0.15, 0.2) is 0 Å². The summed E-state index contributed by atoms with van der Waals surface area (Å²) in [7, 11) is 0. The molecule has 0 aliphatic heterocycles. The summed E-state index contributed by atoms with van der Waals surface area (Å²) in [5, 5.41) is 3.09. The quantitative estimate of drug-likeness (QED) is 0.440. The molecule has 3 heteroatoms. The van der Waals surface area contributed by atoms with Crippen molar-refractivity contribution in [2.45, 2.75) is 11.8 Å².